The predicted molar refractivity (Wildman–Crippen MR) is 247 cm³/mol. The smallest absolute Gasteiger partial charge is 0.191 e. The molecule has 0 N–H and O–H groups in total. The van der Waals surface area contributed by atoms with Crippen LogP contribution in [0.5, 0.6) is 5.75 Å². The van der Waals surface area contributed by atoms with Crippen molar-refractivity contribution < 1.29 is 18.3 Å². The zero-order valence-corrected chi connectivity index (χ0v) is 39.9. The molecule has 2 atom stereocenters. The minimum atomic E-state index is -1.65. The van der Waals surface area contributed by atoms with Gasteiger partial charge in [0.1, 0.15) is 5.75 Å². The Balaban J connectivity index is 1.58. The van der Waals surface area contributed by atoms with Crippen molar-refractivity contribution in [1.29, 1.82) is 0 Å². The van der Waals surface area contributed by atoms with Crippen LogP contribution in [0.1, 0.15) is 143 Å². The molecule has 0 heterocycles. The standard InChI is InChI=1S/C50H81O4Si2/c1-13-41(2)39-45(42-25-19-18-20-26-42)40-48(43-27-31-46(32-28-43)51-35-21-14-16-23-37-53-55(9,10)49(3,4)5)44-29-33-47(34-30-44)52-36-22-15-17-24-38-54-56(11,12)50(6,7)8/h18-20,25-34,41,45H,13-17,21-24,35-40H2,1-12H3/q-1. The van der Waals surface area contributed by atoms with Gasteiger partial charge in [-0.1, -0.05) is 136 Å². The number of unbranched alkanes of at least 4 members (excludes halogenated alkanes) is 6. The third kappa shape index (κ3) is 16.4. The Kier molecular flexibility index (Phi) is 19.8. The van der Waals surface area contributed by atoms with Crippen LogP contribution in [0.2, 0.25) is 36.3 Å². The average molecular weight is 802 g/mol. The van der Waals surface area contributed by atoms with Crippen LogP contribution in [-0.2, 0) is 13.6 Å². The van der Waals surface area contributed by atoms with E-state index in [1.165, 1.54) is 54.4 Å². The van der Waals surface area contributed by atoms with Gasteiger partial charge in [-0.3, -0.25) is 0 Å². The molecule has 0 aliphatic heterocycles. The number of hydrogen-bond donors (Lipinski definition) is 0. The maximum Gasteiger partial charge on any atom is 0.191 e. The third-order valence-electron chi connectivity index (χ3n) is 12.7. The molecule has 0 radical (unpaired) electrons. The zero-order chi connectivity index (χ0) is 41.2. The molecule has 2 unspecified atom stereocenters. The fraction of sp³-hybridized carbons (Fsp3) is 0.620. The highest BCUT2D eigenvalue weighted by Crippen LogP contribution is 2.40. The molecule has 0 saturated heterocycles. The van der Waals surface area contributed by atoms with Crippen molar-refractivity contribution in [2.45, 2.75) is 168 Å². The Morgan fingerprint density at radius 1 is 0.643 bits per heavy atom. The molecule has 0 spiro atoms. The van der Waals surface area contributed by atoms with Crippen molar-refractivity contribution in [3.8, 4) is 5.75 Å². The molecule has 4 nitrogen and oxygen atoms in total. The summed E-state index contributed by atoms with van der Waals surface area (Å²) in [7, 11) is -3.30. The Bertz CT molecular complexity index is 1490. The van der Waals surface area contributed by atoms with Gasteiger partial charge >= 0.3 is 0 Å². The molecular formula is C50H81O4Si2-. The molecule has 1 aliphatic rings. The molecule has 314 valence electrons. The van der Waals surface area contributed by atoms with Crippen LogP contribution in [0.4, 0.5) is 0 Å². The van der Waals surface area contributed by atoms with Crippen LogP contribution in [0, 0.1) is 12.3 Å². The van der Waals surface area contributed by atoms with Gasteiger partial charge in [0.05, 0.1) is 13.2 Å². The van der Waals surface area contributed by atoms with Crippen LogP contribution in [0.25, 0.3) is 5.57 Å². The van der Waals surface area contributed by atoms with E-state index in [-0.39, 0.29) is 10.1 Å². The number of allylic oxidation sites excluding steroid dienone is 5. The van der Waals surface area contributed by atoms with E-state index in [0.29, 0.717) is 11.8 Å². The molecule has 1 aliphatic carbocycles. The summed E-state index contributed by atoms with van der Waals surface area (Å²) < 4.78 is 25.2. The van der Waals surface area contributed by atoms with Gasteiger partial charge in [-0.2, -0.15) is 0 Å². The van der Waals surface area contributed by atoms with E-state index in [9.17, 15) is 0 Å². The van der Waals surface area contributed by atoms with Crippen LogP contribution in [0.15, 0.2) is 84.2 Å². The van der Waals surface area contributed by atoms with E-state index in [1.54, 1.807) is 0 Å². The van der Waals surface area contributed by atoms with Crippen LogP contribution >= 0.6 is 0 Å². The number of hydrogen-bond acceptors (Lipinski definition) is 4. The van der Waals surface area contributed by atoms with Crippen LogP contribution < -0.4 is 4.74 Å². The second-order valence-electron chi connectivity index (χ2n) is 19.3. The summed E-state index contributed by atoms with van der Waals surface area (Å²) >= 11 is 0. The molecule has 6 heteroatoms. The first kappa shape index (κ1) is 47.9. The van der Waals surface area contributed by atoms with E-state index < -0.39 is 16.6 Å². The summed E-state index contributed by atoms with van der Waals surface area (Å²) in [5, 5.41) is 0.542. The Hall–Kier alpha value is -2.52. The summed E-state index contributed by atoms with van der Waals surface area (Å²) in [4.78, 5) is 0. The molecular weight excluding hydrogens is 721 g/mol. The van der Waals surface area contributed by atoms with Crippen molar-refractivity contribution in [1.82, 2.24) is 0 Å². The fourth-order valence-electron chi connectivity index (χ4n) is 6.45. The molecule has 0 saturated carbocycles. The SMILES string of the molecule is CCC(C)CC(CC(=C1C=CC(OCCCCCCO[Si](C)(C)C(C)(C)C)=C[CH-]1)c1ccc(OCCCCCCO[Si](C)(C)C(C)(C)C)cc1)c1ccccc1. The van der Waals surface area contributed by atoms with E-state index in [0.717, 1.165) is 76.5 Å². The molecule has 2 aromatic carbocycles. The molecule has 0 amide bonds. The first-order chi connectivity index (χ1) is 26.4. The minimum absolute atomic E-state index is 0.271. The molecule has 3 rings (SSSR count). The monoisotopic (exact) mass is 802 g/mol. The molecule has 56 heavy (non-hydrogen) atoms. The maximum absolute atomic E-state index is 6.36. The topological polar surface area (TPSA) is 36.9 Å². The number of benzene rings is 2. The minimum Gasteiger partial charge on any atom is -0.537 e. The van der Waals surface area contributed by atoms with E-state index in [4.69, 9.17) is 18.3 Å². The van der Waals surface area contributed by atoms with Gasteiger partial charge in [-0.05, 0) is 104 Å². The first-order valence-corrected chi connectivity index (χ1v) is 27.9. The summed E-state index contributed by atoms with van der Waals surface area (Å²) in [6, 6.07) is 19.9. The lowest BCUT2D eigenvalue weighted by Crippen LogP contribution is -2.40. The molecule has 0 bridgehead atoms. The maximum atomic E-state index is 6.36. The van der Waals surface area contributed by atoms with Gasteiger partial charge < -0.3 is 18.3 Å². The second kappa shape index (κ2) is 23.2. The van der Waals surface area contributed by atoms with Gasteiger partial charge in [-0.25, -0.2) is 0 Å². The lowest BCUT2D eigenvalue weighted by Gasteiger charge is -2.36. The molecule has 0 aromatic heterocycles. The first-order valence-electron chi connectivity index (χ1n) is 22.1. The fourth-order valence-corrected chi connectivity index (χ4v) is 8.63. The highest BCUT2D eigenvalue weighted by atomic mass is 28.4. The Morgan fingerprint density at radius 2 is 1.16 bits per heavy atom. The summed E-state index contributed by atoms with van der Waals surface area (Å²) in [6.45, 7) is 31.1. The van der Waals surface area contributed by atoms with Crippen molar-refractivity contribution >= 4 is 22.2 Å². The van der Waals surface area contributed by atoms with E-state index >= 15 is 0 Å². The summed E-state index contributed by atoms with van der Waals surface area (Å²) in [5.74, 6) is 2.98. The lowest BCUT2D eigenvalue weighted by atomic mass is 9.80. The van der Waals surface area contributed by atoms with Crippen LogP contribution in [0.3, 0.4) is 0 Å². The third-order valence-corrected chi connectivity index (χ3v) is 21.7. The van der Waals surface area contributed by atoms with Gasteiger partial charge in [0.25, 0.3) is 0 Å². The molecule has 2 aromatic rings. The summed E-state index contributed by atoms with van der Waals surface area (Å²) in [5.41, 5.74) is 5.31. The Morgan fingerprint density at radius 3 is 1.64 bits per heavy atom. The van der Waals surface area contributed by atoms with Gasteiger partial charge in [0.15, 0.2) is 16.6 Å². The van der Waals surface area contributed by atoms with E-state index in [1.807, 2.05) is 0 Å². The van der Waals surface area contributed by atoms with Gasteiger partial charge in [0, 0.05) is 19.0 Å². The van der Waals surface area contributed by atoms with Crippen molar-refractivity contribution in [3.05, 3.63) is 102 Å². The van der Waals surface area contributed by atoms with Crippen molar-refractivity contribution in [2.24, 2.45) is 5.92 Å². The molecule has 0 fully saturated rings. The quantitative estimate of drug-likeness (QED) is 0.0569. The lowest BCUT2D eigenvalue weighted by molar-refractivity contribution is 0.214. The highest BCUT2D eigenvalue weighted by molar-refractivity contribution is 6.74. The number of rotatable bonds is 25. The van der Waals surface area contributed by atoms with Crippen molar-refractivity contribution in [3.63, 3.8) is 0 Å². The van der Waals surface area contributed by atoms with E-state index in [2.05, 4.69) is 161 Å². The zero-order valence-electron chi connectivity index (χ0n) is 37.9. The highest BCUT2D eigenvalue weighted by Gasteiger charge is 2.37. The average Bonchev–Trinajstić information content (AvgIpc) is 3.15. The second-order valence-corrected chi connectivity index (χ2v) is 28.9. The Labute approximate surface area is 347 Å². The van der Waals surface area contributed by atoms with Gasteiger partial charge in [0.2, 0.25) is 0 Å². The normalized spacial score (nSPS) is 15.9. The van der Waals surface area contributed by atoms with Crippen LogP contribution in [-0.4, -0.2) is 43.1 Å². The van der Waals surface area contributed by atoms with Crippen molar-refractivity contribution in [2.75, 3.05) is 26.4 Å². The number of ether oxygens (including phenoxy) is 2. The summed E-state index contributed by atoms with van der Waals surface area (Å²) in [6.07, 6.45) is 21.3. The predicted octanol–water partition coefficient (Wildman–Crippen LogP) is 15.3. The largest absolute Gasteiger partial charge is 0.537 e. The van der Waals surface area contributed by atoms with Gasteiger partial charge in [-0.15, -0.1) is 35.8 Å².